The molecule has 0 saturated carbocycles. The lowest BCUT2D eigenvalue weighted by atomic mass is 10.1. The minimum Gasteiger partial charge on any atom is -0.507 e. The maximum atomic E-state index is 11.8. The molecule has 1 aromatic rings. The Bertz CT molecular complexity index is 392. The van der Waals surface area contributed by atoms with Crippen molar-refractivity contribution in [3.05, 3.63) is 29.8 Å². The van der Waals surface area contributed by atoms with Crippen molar-refractivity contribution >= 4 is 5.91 Å². The number of likely N-dealkylation sites (N-methyl/N-ethyl adjacent to an activating group) is 1. The van der Waals surface area contributed by atoms with E-state index in [9.17, 15) is 9.90 Å². The number of nitrogens with one attached hydrogen (secondary N) is 1. The second-order valence-corrected chi connectivity index (χ2v) is 4.24. The Balaban J connectivity index is 2.01. The van der Waals surface area contributed by atoms with Crippen molar-refractivity contribution in [3.8, 4) is 5.75 Å². The van der Waals surface area contributed by atoms with Crippen LogP contribution in [0.4, 0.5) is 0 Å². The quantitative estimate of drug-likeness (QED) is 0.776. The molecule has 2 N–H and O–H groups in total. The fraction of sp³-hybridized carbons (Fsp3) is 0.417. The maximum Gasteiger partial charge on any atom is 0.255 e. The molecular weight excluding hydrogens is 204 g/mol. The van der Waals surface area contributed by atoms with E-state index in [4.69, 9.17) is 0 Å². The van der Waals surface area contributed by atoms with Gasteiger partial charge in [0, 0.05) is 12.6 Å². The minimum atomic E-state index is -0.196. The molecule has 2 rings (SSSR count). The topological polar surface area (TPSA) is 52.6 Å². The van der Waals surface area contributed by atoms with Crippen molar-refractivity contribution in [2.45, 2.75) is 12.5 Å². The highest BCUT2D eigenvalue weighted by molar-refractivity contribution is 5.96. The Morgan fingerprint density at radius 1 is 1.50 bits per heavy atom. The van der Waals surface area contributed by atoms with E-state index in [1.165, 1.54) is 6.07 Å². The normalized spacial score (nSPS) is 20.9. The zero-order valence-corrected chi connectivity index (χ0v) is 9.31. The van der Waals surface area contributed by atoms with Gasteiger partial charge in [0.15, 0.2) is 0 Å². The number of benzene rings is 1. The first-order chi connectivity index (χ1) is 7.66. The highest BCUT2D eigenvalue weighted by atomic mass is 16.3. The first-order valence-electron chi connectivity index (χ1n) is 5.44. The van der Waals surface area contributed by atoms with Crippen LogP contribution in [0.1, 0.15) is 16.8 Å². The number of carbonyl (C=O) groups is 1. The van der Waals surface area contributed by atoms with Crippen LogP contribution in [0.5, 0.6) is 5.75 Å². The molecule has 0 bridgehead atoms. The molecule has 1 aromatic carbocycles. The van der Waals surface area contributed by atoms with Crippen LogP contribution in [0.15, 0.2) is 24.3 Å². The standard InChI is InChI=1S/C12H16N2O2/c1-14-7-6-9(8-14)13-12(16)10-4-2-3-5-11(10)15/h2-5,9,15H,6-8H2,1H3,(H,13,16). The molecule has 1 aliphatic heterocycles. The molecule has 0 radical (unpaired) electrons. The highest BCUT2D eigenvalue weighted by Crippen LogP contribution is 2.16. The van der Waals surface area contributed by atoms with Crippen LogP contribution in [0.2, 0.25) is 0 Å². The smallest absolute Gasteiger partial charge is 0.255 e. The summed E-state index contributed by atoms with van der Waals surface area (Å²) in [6.07, 6.45) is 0.968. The van der Waals surface area contributed by atoms with Gasteiger partial charge in [-0.15, -0.1) is 0 Å². The Kier molecular flexibility index (Phi) is 3.10. The average Bonchev–Trinajstić information content (AvgIpc) is 2.64. The van der Waals surface area contributed by atoms with Crippen molar-refractivity contribution in [1.29, 1.82) is 0 Å². The maximum absolute atomic E-state index is 11.8. The molecule has 0 spiro atoms. The molecular formula is C12H16N2O2. The van der Waals surface area contributed by atoms with Gasteiger partial charge in [0.25, 0.3) is 5.91 Å². The summed E-state index contributed by atoms with van der Waals surface area (Å²) in [4.78, 5) is 14.0. The molecule has 86 valence electrons. The summed E-state index contributed by atoms with van der Waals surface area (Å²) in [6.45, 7) is 1.88. The average molecular weight is 220 g/mol. The summed E-state index contributed by atoms with van der Waals surface area (Å²) in [7, 11) is 2.03. The van der Waals surface area contributed by atoms with Gasteiger partial charge in [-0.05, 0) is 32.1 Å². The lowest BCUT2D eigenvalue weighted by Crippen LogP contribution is -2.36. The molecule has 1 amide bonds. The molecule has 1 heterocycles. The summed E-state index contributed by atoms with van der Waals surface area (Å²) in [5, 5.41) is 12.5. The van der Waals surface area contributed by atoms with Crippen molar-refractivity contribution < 1.29 is 9.90 Å². The van der Waals surface area contributed by atoms with Crippen LogP contribution in [0.3, 0.4) is 0 Å². The molecule has 4 heteroatoms. The SMILES string of the molecule is CN1CCC(NC(=O)c2ccccc2O)C1. The summed E-state index contributed by atoms with van der Waals surface area (Å²) in [6, 6.07) is 6.79. The number of amides is 1. The highest BCUT2D eigenvalue weighted by Gasteiger charge is 2.22. The van der Waals surface area contributed by atoms with Gasteiger partial charge in [0.1, 0.15) is 5.75 Å². The van der Waals surface area contributed by atoms with Crippen molar-refractivity contribution in [2.75, 3.05) is 20.1 Å². The second-order valence-electron chi connectivity index (χ2n) is 4.24. The second kappa shape index (κ2) is 4.53. The molecule has 0 aromatic heterocycles. The largest absolute Gasteiger partial charge is 0.507 e. The molecule has 1 aliphatic rings. The fourth-order valence-corrected chi connectivity index (χ4v) is 1.98. The van der Waals surface area contributed by atoms with Crippen molar-refractivity contribution in [1.82, 2.24) is 10.2 Å². The van der Waals surface area contributed by atoms with E-state index in [2.05, 4.69) is 10.2 Å². The molecule has 4 nitrogen and oxygen atoms in total. The number of hydrogen-bond donors (Lipinski definition) is 2. The van der Waals surface area contributed by atoms with Gasteiger partial charge in [-0.25, -0.2) is 0 Å². The number of rotatable bonds is 2. The van der Waals surface area contributed by atoms with Gasteiger partial charge in [0.05, 0.1) is 5.56 Å². The van der Waals surface area contributed by atoms with Gasteiger partial charge >= 0.3 is 0 Å². The van der Waals surface area contributed by atoms with Gasteiger partial charge in [0.2, 0.25) is 0 Å². The predicted octanol–water partition coefficient (Wildman–Crippen LogP) is 0.826. The Hall–Kier alpha value is -1.55. The number of aromatic hydroxyl groups is 1. The van der Waals surface area contributed by atoms with Gasteiger partial charge in [-0.1, -0.05) is 12.1 Å². The van der Waals surface area contributed by atoms with Crippen LogP contribution in [-0.4, -0.2) is 42.1 Å². The monoisotopic (exact) mass is 220 g/mol. The predicted molar refractivity (Wildman–Crippen MR) is 61.5 cm³/mol. The van der Waals surface area contributed by atoms with E-state index in [-0.39, 0.29) is 17.7 Å². The number of carbonyl (C=O) groups excluding carboxylic acids is 1. The Labute approximate surface area is 94.9 Å². The van der Waals surface area contributed by atoms with E-state index >= 15 is 0 Å². The van der Waals surface area contributed by atoms with E-state index in [0.717, 1.165) is 19.5 Å². The summed E-state index contributed by atoms with van der Waals surface area (Å²) < 4.78 is 0. The van der Waals surface area contributed by atoms with Crippen LogP contribution in [0, 0.1) is 0 Å². The number of phenolic OH excluding ortho intramolecular Hbond substituents is 1. The number of likely N-dealkylation sites (tertiary alicyclic amines) is 1. The zero-order chi connectivity index (χ0) is 11.5. The third-order valence-electron chi connectivity index (χ3n) is 2.88. The van der Waals surface area contributed by atoms with Crippen LogP contribution >= 0.6 is 0 Å². The Morgan fingerprint density at radius 3 is 2.88 bits per heavy atom. The number of para-hydroxylation sites is 1. The minimum absolute atomic E-state index is 0.0337. The van der Waals surface area contributed by atoms with Crippen molar-refractivity contribution in [2.24, 2.45) is 0 Å². The number of hydrogen-bond acceptors (Lipinski definition) is 3. The number of phenols is 1. The van der Waals surface area contributed by atoms with Crippen LogP contribution < -0.4 is 5.32 Å². The third-order valence-corrected chi connectivity index (χ3v) is 2.88. The first kappa shape index (κ1) is 11.0. The first-order valence-corrected chi connectivity index (χ1v) is 5.44. The lowest BCUT2D eigenvalue weighted by molar-refractivity contribution is 0.0936. The van der Waals surface area contributed by atoms with E-state index in [0.29, 0.717) is 5.56 Å². The van der Waals surface area contributed by atoms with Gasteiger partial charge in [-0.3, -0.25) is 4.79 Å². The molecule has 16 heavy (non-hydrogen) atoms. The molecule has 1 saturated heterocycles. The summed E-state index contributed by atoms with van der Waals surface area (Å²) in [5.41, 5.74) is 0.344. The summed E-state index contributed by atoms with van der Waals surface area (Å²) >= 11 is 0. The fourth-order valence-electron chi connectivity index (χ4n) is 1.98. The lowest BCUT2D eigenvalue weighted by Gasteiger charge is -2.13. The Morgan fingerprint density at radius 2 is 2.25 bits per heavy atom. The van der Waals surface area contributed by atoms with Gasteiger partial charge in [-0.2, -0.15) is 0 Å². The molecule has 1 atom stereocenters. The molecule has 1 fully saturated rings. The third kappa shape index (κ3) is 2.33. The van der Waals surface area contributed by atoms with Crippen LogP contribution in [-0.2, 0) is 0 Å². The van der Waals surface area contributed by atoms with Gasteiger partial charge < -0.3 is 15.3 Å². The zero-order valence-electron chi connectivity index (χ0n) is 9.31. The molecule has 1 unspecified atom stereocenters. The molecule has 0 aliphatic carbocycles. The van der Waals surface area contributed by atoms with E-state index < -0.39 is 0 Å². The summed E-state index contributed by atoms with van der Waals surface area (Å²) in [5.74, 6) is -0.162. The van der Waals surface area contributed by atoms with E-state index in [1.807, 2.05) is 7.05 Å². The number of nitrogens with zero attached hydrogens (tertiary/aromatic N) is 1. The van der Waals surface area contributed by atoms with Crippen molar-refractivity contribution in [3.63, 3.8) is 0 Å². The van der Waals surface area contributed by atoms with Crippen LogP contribution in [0.25, 0.3) is 0 Å². The van der Waals surface area contributed by atoms with E-state index in [1.54, 1.807) is 18.2 Å².